The van der Waals surface area contributed by atoms with Gasteiger partial charge in [-0.05, 0) is 11.6 Å². The number of benzene rings is 1. The Morgan fingerprint density at radius 2 is 2.00 bits per heavy atom. The van der Waals surface area contributed by atoms with Crippen molar-refractivity contribution in [3.63, 3.8) is 0 Å². The molecule has 0 aliphatic carbocycles. The van der Waals surface area contributed by atoms with Gasteiger partial charge in [-0.25, -0.2) is 4.79 Å². The minimum Gasteiger partial charge on any atom is -0.488 e. The summed E-state index contributed by atoms with van der Waals surface area (Å²) in [7, 11) is 3.15. The van der Waals surface area contributed by atoms with Gasteiger partial charge in [0.25, 0.3) is 5.56 Å². The number of hydrogen-bond donors (Lipinski definition) is 1. The van der Waals surface area contributed by atoms with Crippen molar-refractivity contribution in [2.45, 2.75) is 19.1 Å². The second-order valence-corrected chi connectivity index (χ2v) is 5.56. The Labute approximate surface area is 128 Å². The van der Waals surface area contributed by atoms with Gasteiger partial charge < -0.3 is 10.1 Å². The van der Waals surface area contributed by atoms with Crippen molar-refractivity contribution < 1.29 is 4.74 Å². The van der Waals surface area contributed by atoms with Crippen LogP contribution < -0.4 is 21.3 Å². The van der Waals surface area contributed by atoms with E-state index in [0.29, 0.717) is 18.8 Å². The molecular weight excluding hydrogens is 282 g/mol. The molecule has 0 saturated carbocycles. The molecular formula is C16H19N3O3. The summed E-state index contributed by atoms with van der Waals surface area (Å²) in [6.07, 6.45) is 0.958. The van der Waals surface area contributed by atoms with Gasteiger partial charge in [-0.15, -0.1) is 0 Å². The largest absolute Gasteiger partial charge is 0.488 e. The minimum atomic E-state index is -0.311. The summed E-state index contributed by atoms with van der Waals surface area (Å²) in [5, 5.41) is 3.26. The average molecular weight is 301 g/mol. The number of fused-ring (bicyclic) bond motifs is 1. The Morgan fingerprint density at radius 3 is 2.77 bits per heavy atom. The van der Waals surface area contributed by atoms with E-state index in [-0.39, 0.29) is 17.4 Å². The maximum Gasteiger partial charge on any atom is 0.330 e. The van der Waals surface area contributed by atoms with Crippen LogP contribution >= 0.6 is 0 Å². The van der Waals surface area contributed by atoms with Crippen LogP contribution in [-0.2, 0) is 27.1 Å². The average Bonchev–Trinajstić information content (AvgIpc) is 2.93. The number of rotatable bonds is 4. The number of nitrogens with one attached hydrogen (secondary N) is 1. The van der Waals surface area contributed by atoms with E-state index in [9.17, 15) is 9.59 Å². The van der Waals surface area contributed by atoms with Crippen LogP contribution in [0.5, 0.6) is 5.75 Å². The lowest BCUT2D eigenvalue weighted by atomic mass is 10.1. The number of ether oxygens (including phenoxy) is 1. The number of nitrogens with zero attached hydrogens (tertiary/aromatic N) is 2. The molecule has 0 fully saturated rings. The molecule has 1 aromatic carbocycles. The summed E-state index contributed by atoms with van der Waals surface area (Å²) in [5.41, 5.74) is 1.29. The van der Waals surface area contributed by atoms with Crippen molar-refractivity contribution in [2.75, 3.05) is 6.54 Å². The highest BCUT2D eigenvalue weighted by atomic mass is 16.5. The molecule has 2 heterocycles. The standard InChI is InChI=1S/C16H19N3O3/c1-18-12(8-15(20)19(2)16(18)21)9-17-10-13-7-11-5-3-4-6-14(11)22-13/h3-6,8,13,17H,7,9-10H2,1-2H3. The summed E-state index contributed by atoms with van der Waals surface area (Å²) >= 11 is 0. The molecule has 6 nitrogen and oxygen atoms in total. The van der Waals surface area contributed by atoms with E-state index in [1.165, 1.54) is 23.2 Å². The Bertz CT molecular complexity index is 782. The number of hydrogen-bond acceptors (Lipinski definition) is 4. The fraction of sp³-hybridized carbons (Fsp3) is 0.375. The first-order valence-electron chi connectivity index (χ1n) is 7.27. The van der Waals surface area contributed by atoms with Crippen molar-refractivity contribution in [2.24, 2.45) is 14.1 Å². The third-order valence-electron chi connectivity index (χ3n) is 4.02. The maximum absolute atomic E-state index is 11.9. The first kappa shape index (κ1) is 14.6. The molecule has 1 aliphatic heterocycles. The number of para-hydroxylation sites is 1. The fourth-order valence-corrected chi connectivity index (χ4v) is 2.68. The van der Waals surface area contributed by atoms with Crippen LogP contribution in [-0.4, -0.2) is 21.8 Å². The molecule has 2 aromatic rings. The van der Waals surface area contributed by atoms with Gasteiger partial charge in [0.1, 0.15) is 11.9 Å². The highest BCUT2D eigenvalue weighted by Crippen LogP contribution is 2.27. The fourth-order valence-electron chi connectivity index (χ4n) is 2.68. The molecule has 0 spiro atoms. The molecule has 1 atom stereocenters. The van der Waals surface area contributed by atoms with Crippen LogP contribution in [0.15, 0.2) is 39.9 Å². The predicted octanol–water partition coefficient (Wildman–Crippen LogP) is 0.177. The van der Waals surface area contributed by atoms with Gasteiger partial charge in [0.2, 0.25) is 0 Å². The van der Waals surface area contributed by atoms with Crippen molar-refractivity contribution in [3.8, 4) is 5.75 Å². The Hall–Kier alpha value is -2.34. The zero-order valence-electron chi connectivity index (χ0n) is 12.7. The molecule has 0 saturated heterocycles. The molecule has 6 heteroatoms. The lowest BCUT2D eigenvalue weighted by Gasteiger charge is -2.13. The summed E-state index contributed by atoms with van der Waals surface area (Å²) in [4.78, 5) is 23.5. The van der Waals surface area contributed by atoms with E-state index in [4.69, 9.17) is 4.74 Å². The highest BCUT2D eigenvalue weighted by molar-refractivity contribution is 5.37. The Balaban J connectivity index is 1.61. The topological polar surface area (TPSA) is 65.3 Å². The van der Waals surface area contributed by atoms with Crippen molar-refractivity contribution in [1.29, 1.82) is 0 Å². The molecule has 1 N–H and O–H groups in total. The first-order valence-corrected chi connectivity index (χ1v) is 7.27. The van der Waals surface area contributed by atoms with Gasteiger partial charge >= 0.3 is 5.69 Å². The number of aromatic nitrogens is 2. The quantitative estimate of drug-likeness (QED) is 0.875. The monoisotopic (exact) mass is 301 g/mol. The zero-order chi connectivity index (χ0) is 15.7. The van der Waals surface area contributed by atoms with E-state index in [1.807, 2.05) is 18.2 Å². The molecule has 0 bridgehead atoms. The molecule has 0 radical (unpaired) electrons. The van der Waals surface area contributed by atoms with E-state index < -0.39 is 0 Å². The SMILES string of the molecule is Cn1c(CNCC2Cc3ccccc3O2)cc(=O)n(C)c1=O. The second-order valence-electron chi connectivity index (χ2n) is 5.56. The molecule has 22 heavy (non-hydrogen) atoms. The zero-order valence-corrected chi connectivity index (χ0v) is 12.7. The maximum atomic E-state index is 11.9. The smallest absolute Gasteiger partial charge is 0.330 e. The Kier molecular flexibility index (Phi) is 3.85. The predicted molar refractivity (Wildman–Crippen MR) is 83.2 cm³/mol. The van der Waals surface area contributed by atoms with E-state index >= 15 is 0 Å². The molecule has 1 aromatic heterocycles. The van der Waals surface area contributed by atoms with Crippen LogP contribution in [0.3, 0.4) is 0 Å². The van der Waals surface area contributed by atoms with E-state index in [2.05, 4.69) is 11.4 Å². The second kappa shape index (κ2) is 5.81. The van der Waals surface area contributed by atoms with E-state index in [0.717, 1.165) is 16.7 Å². The van der Waals surface area contributed by atoms with Crippen LogP contribution in [0, 0.1) is 0 Å². The lowest BCUT2D eigenvalue weighted by molar-refractivity contribution is 0.227. The van der Waals surface area contributed by atoms with Gasteiger partial charge in [-0.1, -0.05) is 18.2 Å². The summed E-state index contributed by atoms with van der Waals surface area (Å²) in [6.45, 7) is 1.12. The summed E-state index contributed by atoms with van der Waals surface area (Å²) in [6, 6.07) is 9.50. The third kappa shape index (κ3) is 2.69. The molecule has 116 valence electrons. The van der Waals surface area contributed by atoms with Gasteiger partial charge in [-0.2, -0.15) is 0 Å². The van der Waals surface area contributed by atoms with Crippen LogP contribution in [0.2, 0.25) is 0 Å². The molecule has 1 aliphatic rings. The minimum absolute atomic E-state index is 0.0842. The van der Waals surface area contributed by atoms with Crippen molar-refractivity contribution >= 4 is 0 Å². The third-order valence-corrected chi connectivity index (χ3v) is 4.02. The van der Waals surface area contributed by atoms with Gasteiger partial charge in [0.05, 0.1) is 0 Å². The Morgan fingerprint density at radius 1 is 1.23 bits per heavy atom. The normalized spacial score (nSPS) is 16.4. The summed E-state index contributed by atoms with van der Waals surface area (Å²) < 4.78 is 8.43. The van der Waals surface area contributed by atoms with Crippen LogP contribution in [0.25, 0.3) is 0 Å². The highest BCUT2D eigenvalue weighted by Gasteiger charge is 2.21. The molecule has 0 amide bonds. The van der Waals surface area contributed by atoms with Gasteiger partial charge in [0.15, 0.2) is 0 Å². The van der Waals surface area contributed by atoms with E-state index in [1.54, 1.807) is 7.05 Å². The van der Waals surface area contributed by atoms with Crippen LogP contribution in [0.4, 0.5) is 0 Å². The van der Waals surface area contributed by atoms with Gasteiger partial charge in [-0.3, -0.25) is 13.9 Å². The molecule has 3 rings (SSSR count). The van der Waals surface area contributed by atoms with Crippen LogP contribution in [0.1, 0.15) is 11.3 Å². The van der Waals surface area contributed by atoms with Crippen molar-refractivity contribution in [3.05, 3.63) is 62.4 Å². The summed E-state index contributed by atoms with van der Waals surface area (Å²) in [5.74, 6) is 0.940. The van der Waals surface area contributed by atoms with Crippen molar-refractivity contribution in [1.82, 2.24) is 14.5 Å². The molecule has 1 unspecified atom stereocenters. The first-order chi connectivity index (χ1) is 10.6. The lowest BCUT2D eigenvalue weighted by Crippen LogP contribution is -2.39. The van der Waals surface area contributed by atoms with Gasteiger partial charge in [0, 0.05) is 45.4 Å².